The van der Waals surface area contributed by atoms with Gasteiger partial charge >= 0.3 is 6.18 Å². The number of fused-ring (bicyclic) bond motifs is 3. The molecule has 0 saturated carbocycles. The second kappa shape index (κ2) is 10.5. The van der Waals surface area contributed by atoms with Crippen molar-refractivity contribution in [2.75, 3.05) is 11.9 Å². The molecule has 1 fully saturated rings. The van der Waals surface area contributed by atoms with Gasteiger partial charge in [0.25, 0.3) is 0 Å². The van der Waals surface area contributed by atoms with E-state index in [1.54, 1.807) is 30.6 Å². The highest BCUT2D eigenvalue weighted by Crippen LogP contribution is 2.46. The van der Waals surface area contributed by atoms with Gasteiger partial charge in [-0.05, 0) is 61.1 Å². The van der Waals surface area contributed by atoms with Gasteiger partial charge in [0, 0.05) is 54.0 Å². The van der Waals surface area contributed by atoms with Crippen LogP contribution < -0.4 is 5.32 Å². The lowest BCUT2D eigenvalue weighted by atomic mass is 9.77. The molecule has 1 spiro atoms. The molecule has 1 N–H and O–H groups in total. The second-order valence-electron chi connectivity index (χ2n) is 11.5. The fourth-order valence-electron chi connectivity index (χ4n) is 6.70. The quantitative estimate of drug-likeness (QED) is 0.294. The number of amides is 2. The molecule has 1 aromatic carbocycles. The zero-order valence-electron chi connectivity index (χ0n) is 22.9. The number of halogens is 6. The number of benzene rings is 1. The van der Waals surface area contributed by atoms with Crippen molar-refractivity contribution >= 4 is 23.7 Å². The molecule has 3 aliphatic rings. The number of rotatable bonds is 5. The first-order valence-corrected chi connectivity index (χ1v) is 13.8. The molecule has 2 aliphatic heterocycles. The van der Waals surface area contributed by atoms with E-state index in [2.05, 4.69) is 15.3 Å². The zero-order chi connectivity index (χ0) is 30.7. The van der Waals surface area contributed by atoms with E-state index >= 15 is 0 Å². The van der Waals surface area contributed by atoms with Gasteiger partial charge in [-0.1, -0.05) is 18.2 Å². The van der Waals surface area contributed by atoms with Gasteiger partial charge in [0.1, 0.15) is 18.2 Å². The van der Waals surface area contributed by atoms with E-state index in [-0.39, 0.29) is 18.7 Å². The van der Waals surface area contributed by atoms with Gasteiger partial charge in [-0.3, -0.25) is 14.6 Å². The van der Waals surface area contributed by atoms with E-state index in [0.717, 1.165) is 22.9 Å². The predicted molar refractivity (Wildman–Crippen MR) is 144 cm³/mol. The fraction of sp³-hybridized carbons (Fsp3) is 0.355. The number of likely N-dealkylation sites (tertiary alicyclic amines) is 1. The molecule has 0 bridgehead atoms. The van der Waals surface area contributed by atoms with Crippen LogP contribution in [0.2, 0.25) is 0 Å². The smallest absolute Gasteiger partial charge is 0.330 e. The van der Waals surface area contributed by atoms with Crippen molar-refractivity contribution in [1.29, 1.82) is 0 Å². The summed E-state index contributed by atoms with van der Waals surface area (Å²) in [4.78, 5) is 35.5. The molecule has 224 valence electrons. The summed E-state index contributed by atoms with van der Waals surface area (Å²) in [6.45, 7) is -0.240. The number of anilines is 1. The molecule has 3 aromatic rings. The lowest BCUT2D eigenvalue weighted by molar-refractivity contribution is -0.172. The molecule has 43 heavy (non-hydrogen) atoms. The summed E-state index contributed by atoms with van der Waals surface area (Å²) in [5, 5.41) is 2.84. The van der Waals surface area contributed by atoms with Crippen molar-refractivity contribution in [3.8, 4) is 0 Å². The molecule has 4 heterocycles. The van der Waals surface area contributed by atoms with Crippen LogP contribution >= 0.6 is 0 Å². The highest BCUT2D eigenvalue weighted by atomic mass is 19.4. The largest absolute Gasteiger partial charge is 0.406 e. The second-order valence-corrected chi connectivity index (χ2v) is 11.5. The molecule has 4 unspecified atom stereocenters. The lowest BCUT2D eigenvalue weighted by Gasteiger charge is -2.43. The number of hydrogen-bond donors (Lipinski definition) is 1. The third kappa shape index (κ3) is 5.16. The molecule has 6 nitrogen and oxygen atoms in total. The summed E-state index contributed by atoms with van der Waals surface area (Å²) in [6.07, 6.45) is 2.56. The van der Waals surface area contributed by atoms with Gasteiger partial charge in [-0.15, -0.1) is 0 Å². The first kappa shape index (κ1) is 28.9. The first-order chi connectivity index (χ1) is 20.4. The number of allylic oxidation sites excluding steroid dienone is 1. The van der Waals surface area contributed by atoms with E-state index in [0.29, 0.717) is 35.2 Å². The van der Waals surface area contributed by atoms with Gasteiger partial charge in [0.15, 0.2) is 11.6 Å². The Kier molecular flexibility index (Phi) is 7.05. The minimum atomic E-state index is -4.72. The molecule has 2 amide bonds. The number of nitrogens with one attached hydrogen (secondary N) is 1. The molecule has 0 radical (unpaired) electrons. The van der Waals surface area contributed by atoms with Crippen LogP contribution in [0, 0.1) is 23.4 Å². The van der Waals surface area contributed by atoms with Gasteiger partial charge in [-0.25, -0.2) is 18.2 Å². The lowest BCUT2D eigenvalue weighted by Crippen LogP contribution is -2.53. The highest BCUT2D eigenvalue weighted by Gasteiger charge is 2.51. The Balaban J connectivity index is 1.23. The Morgan fingerprint density at radius 1 is 1.12 bits per heavy atom. The van der Waals surface area contributed by atoms with Crippen LogP contribution in [-0.2, 0) is 27.8 Å². The summed E-state index contributed by atoms with van der Waals surface area (Å²) in [5.74, 6) is -6.27. The highest BCUT2D eigenvalue weighted by molar-refractivity contribution is 6.06. The summed E-state index contributed by atoms with van der Waals surface area (Å²) in [6, 6.07) is 5.52. The van der Waals surface area contributed by atoms with E-state index in [1.165, 1.54) is 6.92 Å². The number of carbonyl (C=O) groups excluding carboxylic acids is 2. The maximum atomic E-state index is 14.7. The SMILES string of the molecule is CC1C(c2cc(F)cc(F)c2F)CC(C/C=C/c2cnc3c(c2)CC2(C3)C(=O)Nc3ncccc32)C(=O)N1CC(F)(F)F. The number of alkyl halides is 3. The Hall–Kier alpha value is -4.22. The fourth-order valence-corrected chi connectivity index (χ4v) is 6.70. The van der Waals surface area contributed by atoms with E-state index < -0.39 is 64.9 Å². The Morgan fingerprint density at radius 3 is 2.67 bits per heavy atom. The van der Waals surface area contributed by atoms with Crippen molar-refractivity contribution < 1.29 is 35.9 Å². The zero-order valence-corrected chi connectivity index (χ0v) is 22.9. The minimum Gasteiger partial charge on any atom is -0.330 e. The third-order valence-electron chi connectivity index (χ3n) is 8.78. The summed E-state index contributed by atoms with van der Waals surface area (Å²) in [7, 11) is 0. The van der Waals surface area contributed by atoms with Crippen molar-refractivity contribution in [3.63, 3.8) is 0 Å². The molecule has 1 saturated heterocycles. The predicted octanol–water partition coefficient (Wildman–Crippen LogP) is 5.87. The van der Waals surface area contributed by atoms with E-state index in [1.807, 2.05) is 12.1 Å². The van der Waals surface area contributed by atoms with Gasteiger partial charge < -0.3 is 10.2 Å². The summed E-state index contributed by atoms with van der Waals surface area (Å²) in [5.41, 5.74) is 1.93. The molecule has 6 rings (SSSR count). The van der Waals surface area contributed by atoms with Crippen LogP contribution in [0.3, 0.4) is 0 Å². The van der Waals surface area contributed by atoms with Crippen LogP contribution in [-0.4, -0.2) is 45.4 Å². The number of hydrogen-bond acceptors (Lipinski definition) is 4. The molecule has 1 aliphatic carbocycles. The number of piperidine rings is 1. The molecule has 2 aromatic heterocycles. The Bertz CT molecular complexity index is 1660. The average Bonchev–Trinajstić information content (AvgIpc) is 3.46. The summed E-state index contributed by atoms with van der Waals surface area (Å²) >= 11 is 0. The maximum Gasteiger partial charge on any atom is 0.406 e. The maximum absolute atomic E-state index is 14.7. The molecular formula is C31H26F6N4O2. The van der Waals surface area contributed by atoms with Crippen LogP contribution in [0.5, 0.6) is 0 Å². The van der Waals surface area contributed by atoms with Crippen molar-refractivity contribution in [2.24, 2.45) is 5.92 Å². The number of nitrogens with zero attached hydrogens (tertiary/aromatic N) is 3. The van der Waals surface area contributed by atoms with Crippen molar-refractivity contribution in [2.45, 2.75) is 56.2 Å². The molecule has 12 heteroatoms. The minimum absolute atomic E-state index is 0.0122. The van der Waals surface area contributed by atoms with E-state index in [9.17, 15) is 35.9 Å². The Labute approximate surface area is 242 Å². The monoisotopic (exact) mass is 600 g/mol. The van der Waals surface area contributed by atoms with Crippen LogP contribution in [0.1, 0.15) is 53.6 Å². The van der Waals surface area contributed by atoms with Crippen LogP contribution in [0.15, 0.2) is 48.8 Å². The summed E-state index contributed by atoms with van der Waals surface area (Å²) < 4.78 is 83.0. The first-order valence-electron chi connectivity index (χ1n) is 13.8. The van der Waals surface area contributed by atoms with Gasteiger partial charge in [-0.2, -0.15) is 13.2 Å². The van der Waals surface area contributed by atoms with Crippen molar-refractivity contribution in [3.05, 3.63) is 94.2 Å². The molecular weight excluding hydrogens is 574 g/mol. The third-order valence-corrected chi connectivity index (χ3v) is 8.78. The van der Waals surface area contributed by atoms with Crippen LogP contribution in [0.4, 0.5) is 32.2 Å². The number of aromatic nitrogens is 2. The Morgan fingerprint density at radius 2 is 1.91 bits per heavy atom. The standard InChI is InChI=1S/C31H26F6N4O2/c1-16-21(22-10-20(32)11-24(33)26(22)34)9-18(28(42)41(16)15-31(35,36)37)5-2-4-17-8-19-12-30(13-25(19)39-14-17)23-6-3-7-38-27(23)40-29(30)43/h2-4,6-8,10-11,14,16,18,21H,5,9,12-13,15H2,1H3,(H,38,40,43)/b4-2+. The van der Waals surface area contributed by atoms with Gasteiger partial charge in [0.2, 0.25) is 11.8 Å². The van der Waals surface area contributed by atoms with E-state index in [4.69, 9.17) is 0 Å². The average molecular weight is 601 g/mol. The van der Waals surface area contributed by atoms with Crippen molar-refractivity contribution in [1.82, 2.24) is 14.9 Å². The topological polar surface area (TPSA) is 75.2 Å². The van der Waals surface area contributed by atoms with Gasteiger partial charge in [0.05, 0.1) is 5.41 Å². The normalized spacial score (nSPS) is 25.0. The molecule has 4 atom stereocenters. The van der Waals surface area contributed by atoms with Crippen LogP contribution in [0.25, 0.3) is 6.08 Å². The number of pyridine rings is 2. The number of carbonyl (C=O) groups is 2.